The molecule has 0 radical (unpaired) electrons. The molecule has 78 heavy (non-hydrogen) atoms. The number of rotatable bonds is 15. The van der Waals surface area contributed by atoms with Crippen molar-refractivity contribution in [1.29, 1.82) is 0 Å². The van der Waals surface area contributed by atoms with Gasteiger partial charge in [0.2, 0.25) is 11.6 Å². The predicted molar refractivity (Wildman–Crippen MR) is 282 cm³/mol. The van der Waals surface area contributed by atoms with E-state index in [1.54, 1.807) is 27.7 Å². The van der Waals surface area contributed by atoms with Crippen LogP contribution in [0.2, 0.25) is 0 Å². The monoisotopic (exact) mass is 1050 g/mol. The zero-order valence-electron chi connectivity index (χ0n) is 42.4. The van der Waals surface area contributed by atoms with Crippen molar-refractivity contribution in [3.63, 3.8) is 0 Å². The molecule has 0 saturated heterocycles. The quantitative estimate of drug-likeness (QED) is 0.0405. The number of carboxylic acid groups (broad SMARTS) is 4. The van der Waals surface area contributed by atoms with Crippen molar-refractivity contribution in [2.45, 2.75) is 53.6 Å². The summed E-state index contributed by atoms with van der Waals surface area (Å²) in [7, 11) is 0. The number of aliphatic hydroxyl groups excluding tert-OH is 2. The molecule has 4 aromatic rings. The van der Waals surface area contributed by atoms with Gasteiger partial charge in [0.25, 0.3) is 0 Å². The Balaban J connectivity index is 1.44. The molecule has 0 saturated carbocycles. The van der Waals surface area contributed by atoms with Gasteiger partial charge in [-0.2, -0.15) is 20.5 Å². The summed E-state index contributed by atoms with van der Waals surface area (Å²) in [5.74, 6) is -12.0. The van der Waals surface area contributed by atoms with Crippen molar-refractivity contribution in [3.8, 4) is 0 Å². The SMILES string of the molecule is CC1=C(C2=C(C)C(N=Nc3cccc(C(=O)O)c3)C3=C(C2=O)/C(=C/Nc2cccc(C(=O)O)c2)C(=O)C(O)=C3C(C)C)C(=O)C2=C(C(C(C)C)=C(O)C(=O)/C2=C\Nc2cccc(C(=O)O)c2)C1N=Nc1cccc(C(=O)O)c1. The number of benzene rings is 4. The van der Waals surface area contributed by atoms with E-state index in [0.29, 0.717) is 0 Å². The van der Waals surface area contributed by atoms with Crippen LogP contribution < -0.4 is 10.6 Å². The molecule has 4 aromatic carbocycles. The average molecular weight is 1050 g/mol. The molecule has 0 fully saturated rings. The van der Waals surface area contributed by atoms with E-state index >= 15 is 9.59 Å². The highest BCUT2D eigenvalue weighted by Crippen LogP contribution is 2.51. The Hall–Kier alpha value is -10.2. The normalized spacial score (nSPS) is 19.1. The van der Waals surface area contributed by atoms with Gasteiger partial charge in [0.15, 0.2) is 23.1 Å². The lowest BCUT2D eigenvalue weighted by Crippen LogP contribution is -2.39. The Kier molecular flexibility index (Phi) is 14.9. The first-order valence-electron chi connectivity index (χ1n) is 24.1. The average Bonchev–Trinajstić information content (AvgIpc) is 3.57. The van der Waals surface area contributed by atoms with Crippen LogP contribution in [0.5, 0.6) is 0 Å². The lowest BCUT2D eigenvalue weighted by Gasteiger charge is -2.38. The lowest BCUT2D eigenvalue weighted by atomic mass is 9.65. The van der Waals surface area contributed by atoms with E-state index in [2.05, 4.69) is 31.1 Å². The number of anilines is 2. The molecular formula is C58H48N6O14. The van der Waals surface area contributed by atoms with Gasteiger partial charge in [-0.3, -0.25) is 19.2 Å². The second-order valence-corrected chi connectivity index (χ2v) is 19.0. The summed E-state index contributed by atoms with van der Waals surface area (Å²) < 4.78 is 0. The van der Waals surface area contributed by atoms with E-state index in [9.17, 15) is 59.4 Å². The van der Waals surface area contributed by atoms with Crippen LogP contribution in [0, 0.1) is 11.8 Å². The highest BCUT2D eigenvalue weighted by Gasteiger charge is 2.50. The van der Waals surface area contributed by atoms with E-state index in [4.69, 9.17) is 0 Å². The van der Waals surface area contributed by atoms with E-state index in [1.807, 2.05) is 0 Å². The zero-order chi connectivity index (χ0) is 56.6. The lowest BCUT2D eigenvalue weighted by molar-refractivity contribution is -0.117. The van der Waals surface area contributed by atoms with Crippen LogP contribution in [-0.4, -0.2) is 89.7 Å². The first kappa shape index (κ1) is 54.0. The minimum Gasteiger partial charge on any atom is -0.504 e. The van der Waals surface area contributed by atoms with E-state index in [-0.39, 0.29) is 101 Å². The number of azo groups is 2. The number of carbonyl (C=O) groups excluding carboxylic acids is 4. The maximum Gasteiger partial charge on any atom is 0.335 e. The van der Waals surface area contributed by atoms with Crippen molar-refractivity contribution in [2.24, 2.45) is 32.3 Å². The highest BCUT2D eigenvalue weighted by atomic mass is 16.4. The molecule has 0 aromatic heterocycles. The molecule has 4 aliphatic rings. The minimum atomic E-state index is -1.45. The molecule has 0 heterocycles. The number of hydrogen-bond donors (Lipinski definition) is 8. The molecule has 20 nitrogen and oxygen atoms in total. The van der Waals surface area contributed by atoms with Crippen LogP contribution in [-0.2, 0) is 19.2 Å². The van der Waals surface area contributed by atoms with Gasteiger partial charge in [-0.15, -0.1) is 0 Å². The van der Waals surface area contributed by atoms with Crippen molar-refractivity contribution in [3.05, 3.63) is 210 Å². The fraction of sp³-hybridized carbons (Fsp3) is 0.172. The van der Waals surface area contributed by atoms with Gasteiger partial charge in [0.1, 0.15) is 12.1 Å². The number of aromatic carboxylic acids is 4. The summed E-state index contributed by atoms with van der Waals surface area (Å²) in [4.78, 5) is 109. The van der Waals surface area contributed by atoms with Gasteiger partial charge in [-0.25, -0.2) is 19.2 Å². The molecule has 0 amide bonds. The largest absolute Gasteiger partial charge is 0.504 e. The fourth-order valence-corrected chi connectivity index (χ4v) is 9.71. The summed E-state index contributed by atoms with van der Waals surface area (Å²) in [6, 6.07) is 19.0. The number of allylic oxidation sites excluding steroid dienone is 6. The first-order valence-corrected chi connectivity index (χ1v) is 24.1. The molecule has 2 unspecified atom stereocenters. The summed E-state index contributed by atoms with van der Waals surface area (Å²) in [6.45, 7) is 9.54. The van der Waals surface area contributed by atoms with E-state index in [1.165, 1.54) is 111 Å². The minimum absolute atomic E-state index is 0.00837. The summed E-state index contributed by atoms with van der Waals surface area (Å²) in [5, 5.41) is 86.7. The number of Topliss-reactive ketones (excluding diaryl/α,β-unsaturated/α-hetero) is 4. The third-order valence-electron chi connectivity index (χ3n) is 13.3. The smallest absolute Gasteiger partial charge is 0.335 e. The molecule has 8 N–H and O–H groups in total. The van der Waals surface area contributed by atoms with Gasteiger partial charge in [-0.1, -0.05) is 52.0 Å². The number of nitrogens with zero attached hydrogens (tertiary/aromatic N) is 4. The molecule has 2 atom stereocenters. The second kappa shape index (κ2) is 21.5. The van der Waals surface area contributed by atoms with Gasteiger partial charge < -0.3 is 41.3 Å². The van der Waals surface area contributed by atoms with Gasteiger partial charge in [0.05, 0.1) is 44.8 Å². The third kappa shape index (κ3) is 10.0. The maximum atomic E-state index is 16.0. The third-order valence-corrected chi connectivity index (χ3v) is 13.3. The van der Waals surface area contributed by atoms with Gasteiger partial charge >= 0.3 is 23.9 Å². The Bertz CT molecular complexity index is 3490. The number of ketones is 4. The van der Waals surface area contributed by atoms with Crippen LogP contribution in [0.15, 0.2) is 208 Å². The molecule has 20 heteroatoms. The fourth-order valence-electron chi connectivity index (χ4n) is 9.71. The second-order valence-electron chi connectivity index (χ2n) is 19.0. The Morgan fingerprint density at radius 2 is 0.795 bits per heavy atom. The Morgan fingerprint density at radius 1 is 0.474 bits per heavy atom. The number of nitrogens with one attached hydrogen (secondary N) is 2. The molecule has 0 aliphatic heterocycles. The van der Waals surface area contributed by atoms with Gasteiger partial charge in [-0.05, 0) is 110 Å². The zero-order valence-corrected chi connectivity index (χ0v) is 42.4. The number of carboxylic acids is 4. The number of hydrogen-bond acceptors (Lipinski definition) is 16. The van der Waals surface area contributed by atoms with Crippen LogP contribution in [0.1, 0.15) is 83.0 Å². The molecule has 0 spiro atoms. The Morgan fingerprint density at radius 3 is 1.12 bits per heavy atom. The van der Waals surface area contributed by atoms with Crippen LogP contribution >= 0.6 is 0 Å². The summed E-state index contributed by atoms with van der Waals surface area (Å²) in [5.41, 5.74) is -2.49. The standard InChI is InChI=1S/C58H48N6O14/c1-25(2)39-45-43(37(49(65)53(39)69)23-59-33-15-7-11-29(19-33)55(71)72)51(67)41(27(5)47(45)63-61-35-17-9-13-31(21-35)57(75)76)42-28(6)48(64-62-36-18-10-14-32(22-36)58(77)78)46-40(26(3)4)54(70)50(66)38(44(46)52(42)68)24-60-34-16-8-12-30(20-34)56(73)74/h7-26,47-48,59-60,69-70H,1-6H3,(H,71,72)(H,73,74)(H,75,76)(H,77,78)/b37-23-,38-24-,63-61?,64-62?. The summed E-state index contributed by atoms with van der Waals surface area (Å²) in [6.07, 6.45) is 2.21. The van der Waals surface area contributed by atoms with E-state index in [0.717, 1.165) is 12.4 Å². The molecule has 8 rings (SSSR count). The molecular weight excluding hydrogens is 1000 g/mol. The van der Waals surface area contributed by atoms with Crippen molar-refractivity contribution in [1.82, 2.24) is 0 Å². The first-order chi connectivity index (χ1) is 37.0. The molecule has 394 valence electrons. The van der Waals surface area contributed by atoms with E-state index < -0.39 is 93.6 Å². The van der Waals surface area contributed by atoms with Crippen molar-refractivity contribution >= 4 is 69.8 Å². The predicted octanol–water partition coefficient (Wildman–Crippen LogP) is 10.6. The van der Waals surface area contributed by atoms with Crippen LogP contribution in [0.4, 0.5) is 22.7 Å². The van der Waals surface area contributed by atoms with Crippen molar-refractivity contribution < 1.29 is 69.0 Å². The van der Waals surface area contributed by atoms with Gasteiger partial charge in [0, 0.05) is 68.4 Å². The number of carbonyl (C=O) groups is 8. The maximum absolute atomic E-state index is 16.0. The summed E-state index contributed by atoms with van der Waals surface area (Å²) >= 11 is 0. The van der Waals surface area contributed by atoms with Crippen LogP contribution in [0.3, 0.4) is 0 Å². The van der Waals surface area contributed by atoms with Crippen LogP contribution in [0.25, 0.3) is 0 Å². The number of aliphatic hydroxyl groups is 2. The Labute approximate surface area is 444 Å². The topological polar surface area (TPSA) is 331 Å². The molecule has 4 aliphatic carbocycles. The van der Waals surface area contributed by atoms with Crippen molar-refractivity contribution in [2.75, 3.05) is 10.6 Å². The molecule has 0 bridgehead atoms. The highest BCUT2D eigenvalue weighted by molar-refractivity contribution is 6.34.